The number of carboxylic acid groups (broad SMARTS) is 1. The molecule has 0 bridgehead atoms. The first kappa shape index (κ1) is 28.4. The largest absolute Gasteiger partial charge is 0.478 e. The van der Waals surface area contributed by atoms with Crippen molar-refractivity contribution >= 4 is 12.3 Å². The molecule has 0 atom stereocenters. The van der Waals surface area contributed by atoms with E-state index >= 15 is 0 Å². The highest BCUT2D eigenvalue weighted by Crippen LogP contribution is 2.35. The van der Waals surface area contributed by atoms with Gasteiger partial charge in [0.1, 0.15) is 6.29 Å². The predicted octanol–water partition coefficient (Wildman–Crippen LogP) is 6.11. The summed E-state index contributed by atoms with van der Waals surface area (Å²) in [5, 5.41) is 8.38. The van der Waals surface area contributed by atoms with Crippen molar-refractivity contribution in [1.29, 1.82) is 0 Å². The topological polar surface area (TPSA) is 80.4 Å². The molecule has 0 aliphatic rings. The molecule has 3 rings (SSSR count). The van der Waals surface area contributed by atoms with Gasteiger partial charge >= 0.3 is 18.3 Å². The van der Waals surface area contributed by atoms with E-state index in [9.17, 15) is 35.9 Å². The maximum absolute atomic E-state index is 12.2. The number of aromatic carboxylic acids is 1. The molecule has 0 aromatic heterocycles. The van der Waals surface area contributed by atoms with Crippen LogP contribution in [0.1, 0.15) is 37.4 Å². The standard InChI is InChI=1S/C9H4F6O.C8H11N.C7H6O2/c10-8(11,12)6-1-5(4-16)2-7(3-6)9(13,14)15;9-7-6-8-4-2-1-3-5-8;8-7(9)6-4-2-1-3-5-6/h1-4H;1-5H,6-7,9H2;1-5H,(H,8,9). The van der Waals surface area contributed by atoms with Gasteiger partial charge in [0, 0.05) is 5.56 Å². The Bertz CT molecular complexity index is 1000. The molecular formula is C24H21F6NO3. The molecule has 182 valence electrons. The summed E-state index contributed by atoms with van der Waals surface area (Å²) in [5.41, 5.74) is 3.35. The lowest BCUT2D eigenvalue weighted by atomic mass is 10.1. The zero-order valence-electron chi connectivity index (χ0n) is 17.6. The molecular weight excluding hydrogens is 464 g/mol. The van der Waals surface area contributed by atoms with E-state index in [2.05, 4.69) is 12.1 Å². The number of rotatable bonds is 4. The fraction of sp³-hybridized carbons (Fsp3) is 0.167. The normalized spacial score (nSPS) is 10.8. The molecule has 4 nitrogen and oxygen atoms in total. The smallest absolute Gasteiger partial charge is 0.416 e. The number of alkyl halides is 6. The fourth-order valence-corrected chi connectivity index (χ4v) is 2.44. The summed E-state index contributed by atoms with van der Waals surface area (Å²) in [4.78, 5) is 20.4. The van der Waals surface area contributed by atoms with Crippen LogP contribution in [0, 0.1) is 0 Å². The highest BCUT2D eigenvalue weighted by atomic mass is 19.4. The molecule has 0 heterocycles. The minimum atomic E-state index is -4.92. The van der Waals surface area contributed by atoms with Crippen LogP contribution in [-0.2, 0) is 18.8 Å². The first-order valence-corrected chi connectivity index (χ1v) is 9.65. The number of aldehydes is 1. The Kier molecular flexibility index (Phi) is 11.0. The van der Waals surface area contributed by atoms with E-state index in [0.717, 1.165) is 13.0 Å². The maximum atomic E-state index is 12.2. The number of carbonyl (C=O) groups excluding carboxylic acids is 1. The van der Waals surface area contributed by atoms with Crippen molar-refractivity contribution in [2.24, 2.45) is 5.73 Å². The molecule has 0 saturated carbocycles. The van der Waals surface area contributed by atoms with Gasteiger partial charge in [-0.3, -0.25) is 4.79 Å². The van der Waals surface area contributed by atoms with Gasteiger partial charge in [-0.1, -0.05) is 48.5 Å². The lowest BCUT2D eigenvalue weighted by molar-refractivity contribution is -0.143. The van der Waals surface area contributed by atoms with E-state index in [1.165, 1.54) is 5.56 Å². The van der Waals surface area contributed by atoms with Crippen molar-refractivity contribution < 1.29 is 41.0 Å². The molecule has 0 spiro atoms. The van der Waals surface area contributed by atoms with Crippen molar-refractivity contribution in [3.63, 3.8) is 0 Å². The van der Waals surface area contributed by atoms with E-state index < -0.39 is 35.0 Å². The van der Waals surface area contributed by atoms with Gasteiger partial charge in [-0.25, -0.2) is 4.79 Å². The Labute approximate surface area is 191 Å². The van der Waals surface area contributed by atoms with Crippen molar-refractivity contribution in [2.45, 2.75) is 18.8 Å². The SMILES string of the molecule is NCCc1ccccc1.O=C(O)c1ccccc1.O=Cc1cc(C(F)(F)F)cc(C(F)(F)F)c1. The van der Waals surface area contributed by atoms with Crippen LogP contribution in [0.3, 0.4) is 0 Å². The molecule has 3 aromatic carbocycles. The van der Waals surface area contributed by atoms with Crippen LogP contribution >= 0.6 is 0 Å². The van der Waals surface area contributed by atoms with E-state index in [1.54, 1.807) is 30.3 Å². The van der Waals surface area contributed by atoms with E-state index in [-0.39, 0.29) is 12.4 Å². The van der Waals surface area contributed by atoms with Crippen molar-refractivity contribution in [3.8, 4) is 0 Å². The summed E-state index contributed by atoms with van der Waals surface area (Å²) in [6, 6.07) is 19.2. The van der Waals surface area contributed by atoms with Gasteiger partial charge in [-0.2, -0.15) is 26.3 Å². The first-order chi connectivity index (χ1) is 15.9. The fourth-order valence-electron chi connectivity index (χ4n) is 2.44. The van der Waals surface area contributed by atoms with Gasteiger partial charge in [0.2, 0.25) is 0 Å². The second-order valence-corrected chi connectivity index (χ2v) is 6.65. The summed E-state index contributed by atoms with van der Waals surface area (Å²) in [6.07, 6.45) is -8.91. The summed E-state index contributed by atoms with van der Waals surface area (Å²) < 4.78 is 73.1. The molecule has 3 aromatic rings. The number of benzene rings is 3. The highest BCUT2D eigenvalue weighted by molar-refractivity contribution is 5.87. The average molecular weight is 485 g/mol. The van der Waals surface area contributed by atoms with E-state index in [1.807, 2.05) is 18.2 Å². The second-order valence-electron chi connectivity index (χ2n) is 6.65. The minimum Gasteiger partial charge on any atom is -0.478 e. The molecule has 3 N–H and O–H groups in total. The lowest BCUT2D eigenvalue weighted by Crippen LogP contribution is -2.11. The summed E-state index contributed by atoms with van der Waals surface area (Å²) >= 11 is 0. The zero-order chi connectivity index (χ0) is 25.8. The molecule has 0 amide bonds. The third-order valence-electron chi connectivity index (χ3n) is 4.04. The van der Waals surface area contributed by atoms with Gasteiger partial charge in [0.15, 0.2) is 0 Å². The zero-order valence-corrected chi connectivity index (χ0v) is 17.6. The number of halogens is 6. The van der Waals surface area contributed by atoms with Crippen molar-refractivity contribution in [1.82, 2.24) is 0 Å². The third kappa shape index (κ3) is 10.3. The van der Waals surface area contributed by atoms with Crippen molar-refractivity contribution in [2.75, 3.05) is 6.54 Å². The van der Waals surface area contributed by atoms with Crippen LogP contribution in [0.4, 0.5) is 26.3 Å². The maximum Gasteiger partial charge on any atom is 0.416 e. The molecule has 0 unspecified atom stereocenters. The van der Waals surface area contributed by atoms with Crippen LogP contribution in [0.5, 0.6) is 0 Å². The molecule has 0 aliphatic heterocycles. The van der Waals surface area contributed by atoms with Crippen LogP contribution in [0.25, 0.3) is 0 Å². The monoisotopic (exact) mass is 485 g/mol. The van der Waals surface area contributed by atoms with Crippen LogP contribution in [0.2, 0.25) is 0 Å². The van der Waals surface area contributed by atoms with Gasteiger partial charge in [0.25, 0.3) is 0 Å². The number of carboxylic acids is 1. The Morgan fingerprint density at radius 2 is 1.24 bits per heavy atom. The number of nitrogens with two attached hydrogens (primary N) is 1. The van der Waals surface area contributed by atoms with Crippen LogP contribution in [0.15, 0.2) is 78.9 Å². The molecule has 34 heavy (non-hydrogen) atoms. The Balaban J connectivity index is 0.000000274. The second kappa shape index (κ2) is 13.1. The van der Waals surface area contributed by atoms with Gasteiger partial charge in [-0.05, 0) is 48.9 Å². The summed E-state index contributed by atoms with van der Waals surface area (Å²) in [7, 11) is 0. The summed E-state index contributed by atoms with van der Waals surface area (Å²) in [5.74, 6) is -0.879. The molecule has 10 heteroatoms. The van der Waals surface area contributed by atoms with Gasteiger partial charge in [0.05, 0.1) is 16.7 Å². The number of carbonyl (C=O) groups is 2. The summed E-state index contributed by atoms with van der Waals surface area (Å²) in [6.45, 7) is 0.740. The van der Waals surface area contributed by atoms with E-state index in [4.69, 9.17) is 10.8 Å². The van der Waals surface area contributed by atoms with Gasteiger partial charge < -0.3 is 10.8 Å². The third-order valence-corrected chi connectivity index (χ3v) is 4.04. The molecule has 0 aliphatic carbocycles. The predicted molar refractivity (Wildman–Crippen MR) is 114 cm³/mol. The minimum absolute atomic E-state index is 0.0347. The molecule has 0 fully saturated rings. The first-order valence-electron chi connectivity index (χ1n) is 9.65. The van der Waals surface area contributed by atoms with Gasteiger partial charge in [-0.15, -0.1) is 0 Å². The lowest BCUT2D eigenvalue weighted by Gasteiger charge is -2.12. The van der Waals surface area contributed by atoms with Crippen LogP contribution < -0.4 is 5.73 Å². The Morgan fingerprint density at radius 3 is 1.56 bits per heavy atom. The Hall–Kier alpha value is -3.66. The average Bonchev–Trinajstić information content (AvgIpc) is 2.80. The Morgan fingerprint density at radius 1 is 0.794 bits per heavy atom. The molecule has 0 saturated heterocycles. The van der Waals surface area contributed by atoms with E-state index in [0.29, 0.717) is 17.7 Å². The molecule has 0 radical (unpaired) electrons. The number of hydrogen-bond acceptors (Lipinski definition) is 3. The van der Waals surface area contributed by atoms with Crippen molar-refractivity contribution in [3.05, 3.63) is 107 Å². The quantitative estimate of drug-likeness (QED) is 0.345. The highest BCUT2D eigenvalue weighted by Gasteiger charge is 2.36. The van der Waals surface area contributed by atoms with Crippen LogP contribution in [-0.4, -0.2) is 23.9 Å². The number of hydrogen-bond donors (Lipinski definition) is 2.